The highest BCUT2D eigenvalue weighted by molar-refractivity contribution is 5.80. The zero-order chi connectivity index (χ0) is 13.1. The Labute approximate surface area is 108 Å². The van der Waals surface area contributed by atoms with E-state index in [1.54, 1.807) is 7.05 Å². The highest BCUT2D eigenvalue weighted by atomic mass is 16.2. The fourth-order valence-corrected chi connectivity index (χ4v) is 2.62. The first-order chi connectivity index (χ1) is 8.61. The van der Waals surface area contributed by atoms with Gasteiger partial charge in [-0.2, -0.15) is 0 Å². The van der Waals surface area contributed by atoms with E-state index in [1.165, 1.54) is 12.8 Å². The molecule has 0 aromatic heterocycles. The molecule has 18 heavy (non-hydrogen) atoms. The third kappa shape index (κ3) is 3.22. The Morgan fingerprint density at radius 1 is 1.28 bits per heavy atom. The number of carbonyl (C=O) groups excluding carboxylic acids is 2. The Balaban J connectivity index is 1.74. The maximum absolute atomic E-state index is 12.0. The smallest absolute Gasteiger partial charge is 0.224 e. The third-order valence-corrected chi connectivity index (χ3v) is 4.10. The lowest BCUT2D eigenvalue weighted by Crippen LogP contribution is -2.44. The second kappa shape index (κ2) is 5.69. The van der Waals surface area contributed by atoms with Crippen LogP contribution >= 0.6 is 0 Å². The largest absolute Gasteiger partial charge is 0.359 e. The van der Waals surface area contributed by atoms with Gasteiger partial charge >= 0.3 is 0 Å². The van der Waals surface area contributed by atoms with E-state index in [9.17, 15) is 9.59 Å². The van der Waals surface area contributed by atoms with Crippen molar-refractivity contribution in [3.8, 4) is 0 Å². The Bertz CT molecular complexity index is 320. The Kier molecular flexibility index (Phi) is 4.22. The number of carbonyl (C=O) groups is 2. The van der Waals surface area contributed by atoms with Crippen molar-refractivity contribution in [2.45, 2.75) is 38.1 Å². The lowest BCUT2D eigenvalue weighted by Gasteiger charge is -2.31. The number of hydrogen-bond acceptors (Lipinski definition) is 3. The van der Waals surface area contributed by atoms with Gasteiger partial charge in [0.25, 0.3) is 0 Å². The Hall–Kier alpha value is -1.10. The molecule has 0 aromatic carbocycles. The maximum atomic E-state index is 12.0. The molecule has 1 aliphatic carbocycles. The van der Waals surface area contributed by atoms with Crippen LogP contribution in [0.5, 0.6) is 0 Å². The Morgan fingerprint density at radius 2 is 1.89 bits per heavy atom. The summed E-state index contributed by atoms with van der Waals surface area (Å²) in [6.07, 6.45) is 4.35. The van der Waals surface area contributed by atoms with Gasteiger partial charge in [0.15, 0.2) is 0 Å². The molecular weight excluding hydrogens is 230 g/mol. The summed E-state index contributed by atoms with van der Waals surface area (Å²) >= 11 is 0. The highest BCUT2D eigenvalue weighted by Crippen LogP contribution is 2.33. The minimum atomic E-state index is 0.0363. The first-order valence-electron chi connectivity index (χ1n) is 6.86. The maximum Gasteiger partial charge on any atom is 0.224 e. The van der Waals surface area contributed by atoms with Crippen LogP contribution in [0, 0.1) is 11.8 Å². The van der Waals surface area contributed by atoms with E-state index in [1.807, 2.05) is 4.90 Å². The van der Waals surface area contributed by atoms with Crippen LogP contribution in [0.2, 0.25) is 0 Å². The second-order valence-corrected chi connectivity index (χ2v) is 5.47. The quantitative estimate of drug-likeness (QED) is 0.746. The number of nitrogens with one attached hydrogen (secondary N) is 1. The van der Waals surface area contributed by atoms with Gasteiger partial charge in [-0.05, 0) is 31.6 Å². The molecule has 2 aliphatic rings. The summed E-state index contributed by atoms with van der Waals surface area (Å²) in [6.45, 7) is 1.38. The molecule has 0 radical (unpaired) electrons. The second-order valence-electron chi connectivity index (χ2n) is 5.47. The van der Waals surface area contributed by atoms with Crippen molar-refractivity contribution in [1.29, 1.82) is 0 Å². The fraction of sp³-hybridized carbons (Fsp3) is 0.846. The van der Waals surface area contributed by atoms with Gasteiger partial charge < -0.3 is 16.0 Å². The molecule has 5 nitrogen and oxygen atoms in total. The predicted molar refractivity (Wildman–Crippen MR) is 68.7 cm³/mol. The van der Waals surface area contributed by atoms with Crippen molar-refractivity contribution in [3.63, 3.8) is 0 Å². The fourth-order valence-electron chi connectivity index (χ4n) is 2.62. The molecule has 1 saturated heterocycles. The van der Waals surface area contributed by atoms with Crippen molar-refractivity contribution in [2.75, 3.05) is 20.1 Å². The molecule has 1 unspecified atom stereocenters. The summed E-state index contributed by atoms with van der Waals surface area (Å²) in [5.74, 6) is 0.884. The average Bonchev–Trinajstić information content (AvgIpc) is 3.22. The van der Waals surface area contributed by atoms with Crippen molar-refractivity contribution in [2.24, 2.45) is 17.6 Å². The van der Waals surface area contributed by atoms with E-state index in [2.05, 4.69) is 5.32 Å². The molecule has 1 heterocycles. The molecule has 3 N–H and O–H groups in total. The summed E-state index contributed by atoms with van der Waals surface area (Å²) in [5.41, 5.74) is 5.97. The van der Waals surface area contributed by atoms with Crippen LogP contribution < -0.4 is 11.1 Å². The van der Waals surface area contributed by atoms with Crippen LogP contribution in [-0.4, -0.2) is 42.9 Å². The number of nitrogens with two attached hydrogens (primary N) is 1. The molecule has 0 aromatic rings. The van der Waals surface area contributed by atoms with Gasteiger partial charge in [0.1, 0.15) is 0 Å². The van der Waals surface area contributed by atoms with Crippen molar-refractivity contribution < 1.29 is 9.59 Å². The van der Waals surface area contributed by atoms with E-state index >= 15 is 0 Å². The van der Waals surface area contributed by atoms with Gasteiger partial charge in [-0.1, -0.05) is 0 Å². The zero-order valence-electron chi connectivity index (χ0n) is 11.0. The molecule has 2 amide bonds. The van der Waals surface area contributed by atoms with Crippen LogP contribution in [0.1, 0.15) is 32.1 Å². The van der Waals surface area contributed by atoms with Crippen LogP contribution in [-0.2, 0) is 9.59 Å². The zero-order valence-corrected chi connectivity index (χ0v) is 11.0. The van der Waals surface area contributed by atoms with Gasteiger partial charge in [-0.3, -0.25) is 9.59 Å². The van der Waals surface area contributed by atoms with Crippen LogP contribution in [0.3, 0.4) is 0 Å². The summed E-state index contributed by atoms with van der Waals surface area (Å²) in [4.78, 5) is 25.4. The predicted octanol–water partition coefficient (Wildman–Crippen LogP) is 0.0984. The van der Waals surface area contributed by atoms with Crippen molar-refractivity contribution in [3.05, 3.63) is 0 Å². The molecule has 1 atom stereocenters. The lowest BCUT2D eigenvalue weighted by molar-refractivity contribution is -0.135. The van der Waals surface area contributed by atoms with Crippen molar-refractivity contribution >= 4 is 11.8 Å². The molecule has 1 saturated carbocycles. The summed E-state index contributed by atoms with van der Waals surface area (Å²) in [7, 11) is 1.66. The minimum Gasteiger partial charge on any atom is -0.359 e. The molecular formula is C13H23N3O2. The van der Waals surface area contributed by atoms with E-state index in [-0.39, 0.29) is 23.8 Å². The monoisotopic (exact) mass is 253 g/mol. The average molecular weight is 253 g/mol. The molecule has 0 spiro atoms. The third-order valence-electron chi connectivity index (χ3n) is 4.10. The van der Waals surface area contributed by atoms with E-state index in [0.29, 0.717) is 25.4 Å². The number of hydrogen-bond donors (Lipinski definition) is 2. The first kappa shape index (κ1) is 13.3. The molecule has 5 heteroatoms. The lowest BCUT2D eigenvalue weighted by atomic mass is 9.95. The molecule has 1 aliphatic heterocycles. The topological polar surface area (TPSA) is 75.4 Å². The van der Waals surface area contributed by atoms with Crippen LogP contribution in [0.15, 0.2) is 0 Å². The van der Waals surface area contributed by atoms with E-state index < -0.39 is 0 Å². The van der Waals surface area contributed by atoms with Gasteiger partial charge in [0.2, 0.25) is 11.8 Å². The summed E-state index contributed by atoms with van der Waals surface area (Å²) in [6, 6.07) is 0.0363. The number of amides is 2. The number of likely N-dealkylation sites (tertiary alicyclic amines) is 1. The number of piperidine rings is 1. The van der Waals surface area contributed by atoms with Crippen molar-refractivity contribution in [1.82, 2.24) is 10.2 Å². The number of rotatable bonds is 4. The first-order valence-corrected chi connectivity index (χ1v) is 6.86. The van der Waals surface area contributed by atoms with Gasteiger partial charge in [0.05, 0.1) is 0 Å². The molecule has 102 valence electrons. The van der Waals surface area contributed by atoms with Gasteiger partial charge in [0, 0.05) is 38.5 Å². The van der Waals surface area contributed by atoms with Crippen LogP contribution in [0.4, 0.5) is 0 Å². The van der Waals surface area contributed by atoms with Crippen LogP contribution in [0.25, 0.3) is 0 Å². The SMILES string of the molecule is CNC(=O)C1CCN(C(=O)CC(N)C2CC2)CC1. The molecule has 0 bridgehead atoms. The van der Waals surface area contributed by atoms with E-state index in [0.717, 1.165) is 12.8 Å². The number of nitrogens with zero attached hydrogens (tertiary/aromatic N) is 1. The minimum absolute atomic E-state index is 0.0363. The Morgan fingerprint density at radius 3 is 2.39 bits per heavy atom. The molecule has 2 rings (SSSR count). The summed E-state index contributed by atoms with van der Waals surface area (Å²) in [5, 5.41) is 2.67. The normalized spacial score (nSPS) is 22.7. The van der Waals surface area contributed by atoms with Gasteiger partial charge in [-0.25, -0.2) is 0 Å². The standard InChI is InChI=1S/C13H23N3O2/c1-15-13(18)10-4-6-16(7-5-10)12(17)8-11(14)9-2-3-9/h9-11H,2-8,14H2,1H3,(H,15,18). The van der Waals surface area contributed by atoms with E-state index in [4.69, 9.17) is 5.73 Å². The summed E-state index contributed by atoms with van der Waals surface area (Å²) < 4.78 is 0. The highest BCUT2D eigenvalue weighted by Gasteiger charge is 2.32. The molecule has 2 fully saturated rings. The van der Waals surface area contributed by atoms with Gasteiger partial charge in [-0.15, -0.1) is 0 Å².